The number of nitrogens with one attached hydrogen (secondary N) is 1. The maximum Gasteiger partial charge on any atom is 0.244 e. The van der Waals surface area contributed by atoms with Crippen molar-refractivity contribution < 1.29 is 9.90 Å². The monoisotopic (exact) mass is 351 g/mol. The molecule has 0 aliphatic heterocycles. The zero-order chi connectivity index (χ0) is 17.6. The van der Waals surface area contributed by atoms with E-state index in [-0.39, 0.29) is 12.5 Å². The molecule has 2 N–H and O–H groups in total. The predicted octanol–water partition coefficient (Wildman–Crippen LogP) is 4.36. The van der Waals surface area contributed by atoms with Crippen LogP contribution in [0.25, 0.3) is 16.8 Å². The molecule has 1 atom stereocenters. The van der Waals surface area contributed by atoms with Crippen LogP contribution >= 0.6 is 11.6 Å². The van der Waals surface area contributed by atoms with Crippen LogP contribution in [-0.2, 0) is 4.79 Å². The highest BCUT2D eigenvalue weighted by atomic mass is 35.5. The molecule has 0 aliphatic carbocycles. The fraction of sp³-hybridized carbons (Fsp3) is 0.0952. The maximum absolute atomic E-state index is 12.2. The Labute approximate surface area is 151 Å². The van der Waals surface area contributed by atoms with Gasteiger partial charge >= 0.3 is 0 Å². The molecule has 0 radical (unpaired) electrons. The van der Waals surface area contributed by atoms with Crippen LogP contribution in [-0.4, -0.2) is 17.6 Å². The Kier molecular flexibility index (Phi) is 5.49. The Balaban J connectivity index is 1.73. The summed E-state index contributed by atoms with van der Waals surface area (Å²) in [7, 11) is 0. The molecule has 0 heterocycles. The van der Waals surface area contributed by atoms with Gasteiger partial charge in [-0.3, -0.25) is 4.79 Å². The number of fused-ring (bicyclic) bond motifs is 1. The molecule has 0 aromatic heterocycles. The summed E-state index contributed by atoms with van der Waals surface area (Å²) in [4.78, 5) is 12.2. The summed E-state index contributed by atoms with van der Waals surface area (Å²) in [5.41, 5.74) is 1.71. The summed E-state index contributed by atoms with van der Waals surface area (Å²) in [6.45, 7) is -0.172. The van der Waals surface area contributed by atoms with Crippen molar-refractivity contribution in [3.05, 3.63) is 89.0 Å². The van der Waals surface area contributed by atoms with Crippen molar-refractivity contribution in [2.75, 3.05) is 6.61 Å². The Morgan fingerprint density at radius 2 is 1.84 bits per heavy atom. The first kappa shape index (κ1) is 17.2. The second kappa shape index (κ2) is 7.97. The predicted molar refractivity (Wildman–Crippen MR) is 102 cm³/mol. The van der Waals surface area contributed by atoms with Gasteiger partial charge in [0.15, 0.2) is 0 Å². The molecular formula is C21H18ClNO2. The van der Waals surface area contributed by atoms with Crippen LogP contribution in [0.1, 0.15) is 17.2 Å². The van der Waals surface area contributed by atoms with E-state index < -0.39 is 6.04 Å². The van der Waals surface area contributed by atoms with Gasteiger partial charge in [0.05, 0.1) is 12.6 Å². The number of hydrogen-bond acceptors (Lipinski definition) is 2. The molecule has 0 aliphatic rings. The standard InChI is InChI=1S/C21H18ClNO2/c22-19-7-3-4-15(12-19)8-11-21(25)23-20(14-24)18-10-9-16-5-1-2-6-17(16)13-18/h1-13,20,24H,14H2,(H,23,25)/t20-/m0/s1. The summed E-state index contributed by atoms with van der Waals surface area (Å²) >= 11 is 5.93. The highest BCUT2D eigenvalue weighted by molar-refractivity contribution is 6.30. The molecule has 3 rings (SSSR count). The SMILES string of the molecule is O=C(C=Cc1cccc(Cl)c1)N[C@@H](CO)c1ccc2ccccc2c1. The molecular weight excluding hydrogens is 334 g/mol. The Bertz CT molecular complexity index is 920. The molecule has 0 unspecified atom stereocenters. The number of rotatable bonds is 5. The number of amides is 1. The zero-order valence-corrected chi connectivity index (χ0v) is 14.3. The molecule has 0 spiro atoms. The van der Waals surface area contributed by atoms with Crippen molar-refractivity contribution in [2.24, 2.45) is 0 Å². The van der Waals surface area contributed by atoms with Gasteiger partial charge in [-0.1, -0.05) is 60.1 Å². The van der Waals surface area contributed by atoms with E-state index >= 15 is 0 Å². The van der Waals surface area contributed by atoms with Crippen molar-refractivity contribution in [1.29, 1.82) is 0 Å². The van der Waals surface area contributed by atoms with Gasteiger partial charge in [0.1, 0.15) is 0 Å². The number of halogens is 1. The maximum atomic E-state index is 12.2. The average molecular weight is 352 g/mol. The first-order chi connectivity index (χ1) is 12.2. The van der Waals surface area contributed by atoms with Crippen LogP contribution in [0.5, 0.6) is 0 Å². The molecule has 4 heteroatoms. The van der Waals surface area contributed by atoms with E-state index in [0.29, 0.717) is 5.02 Å². The van der Waals surface area contributed by atoms with Crippen LogP contribution in [0.4, 0.5) is 0 Å². The second-order valence-electron chi connectivity index (χ2n) is 5.74. The van der Waals surface area contributed by atoms with Gasteiger partial charge in [0, 0.05) is 11.1 Å². The van der Waals surface area contributed by atoms with Gasteiger partial charge in [-0.25, -0.2) is 0 Å². The normalized spacial score (nSPS) is 12.4. The van der Waals surface area contributed by atoms with Gasteiger partial charge in [0.2, 0.25) is 5.91 Å². The number of hydrogen-bond donors (Lipinski definition) is 2. The molecule has 126 valence electrons. The number of aliphatic hydroxyl groups is 1. The van der Waals surface area contributed by atoms with Crippen LogP contribution < -0.4 is 5.32 Å². The van der Waals surface area contributed by atoms with Crippen LogP contribution in [0.3, 0.4) is 0 Å². The van der Waals surface area contributed by atoms with Crippen molar-refractivity contribution in [3.63, 3.8) is 0 Å². The Morgan fingerprint density at radius 3 is 2.60 bits per heavy atom. The fourth-order valence-electron chi connectivity index (χ4n) is 2.66. The number of aliphatic hydroxyl groups excluding tert-OH is 1. The molecule has 3 aromatic carbocycles. The fourth-order valence-corrected chi connectivity index (χ4v) is 2.86. The number of carbonyl (C=O) groups is 1. The third kappa shape index (κ3) is 4.47. The summed E-state index contributed by atoms with van der Waals surface area (Å²) in [6, 6.07) is 20.7. The number of carbonyl (C=O) groups excluding carboxylic acids is 1. The van der Waals surface area contributed by atoms with E-state index in [2.05, 4.69) is 5.32 Å². The third-order valence-corrected chi connectivity index (χ3v) is 4.19. The first-order valence-corrected chi connectivity index (χ1v) is 8.37. The quantitative estimate of drug-likeness (QED) is 0.671. The van der Waals surface area contributed by atoms with E-state index in [1.807, 2.05) is 54.6 Å². The molecule has 3 aromatic rings. The van der Waals surface area contributed by atoms with Crippen LogP contribution in [0.2, 0.25) is 5.02 Å². The molecule has 25 heavy (non-hydrogen) atoms. The molecule has 0 fully saturated rings. The lowest BCUT2D eigenvalue weighted by molar-refractivity contribution is -0.117. The first-order valence-electron chi connectivity index (χ1n) is 7.99. The minimum absolute atomic E-state index is 0.172. The lowest BCUT2D eigenvalue weighted by atomic mass is 10.0. The molecule has 3 nitrogen and oxygen atoms in total. The second-order valence-corrected chi connectivity index (χ2v) is 6.18. The van der Waals surface area contributed by atoms with Gasteiger partial charge in [-0.15, -0.1) is 0 Å². The van der Waals surface area contributed by atoms with Gasteiger partial charge in [-0.05, 0) is 46.2 Å². The van der Waals surface area contributed by atoms with Crippen molar-refractivity contribution in [3.8, 4) is 0 Å². The van der Waals surface area contributed by atoms with Crippen molar-refractivity contribution in [1.82, 2.24) is 5.32 Å². The number of benzene rings is 3. The lowest BCUT2D eigenvalue weighted by Gasteiger charge is -2.16. The van der Waals surface area contributed by atoms with Crippen molar-refractivity contribution in [2.45, 2.75) is 6.04 Å². The average Bonchev–Trinajstić information content (AvgIpc) is 2.64. The van der Waals surface area contributed by atoms with Crippen LogP contribution in [0, 0.1) is 0 Å². The highest BCUT2D eigenvalue weighted by Gasteiger charge is 2.12. The zero-order valence-electron chi connectivity index (χ0n) is 13.5. The molecule has 0 saturated carbocycles. The molecule has 1 amide bonds. The van der Waals surface area contributed by atoms with Crippen LogP contribution in [0.15, 0.2) is 72.8 Å². The summed E-state index contributed by atoms with van der Waals surface area (Å²) in [6.07, 6.45) is 3.13. The van der Waals surface area contributed by atoms with Crippen molar-refractivity contribution >= 4 is 34.4 Å². The van der Waals surface area contributed by atoms with E-state index in [0.717, 1.165) is 21.9 Å². The topological polar surface area (TPSA) is 49.3 Å². The van der Waals surface area contributed by atoms with E-state index in [1.54, 1.807) is 18.2 Å². The van der Waals surface area contributed by atoms with Gasteiger partial charge in [0.25, 0.3) is 0 Å². The molecule has 0 bridgehead atoms. The lowest BCUT2D eigenvalue weighted by Crippen LogP contribution is -2.29. The largest absolute Gasteiger partial charge is 0.394 e. The summed E-state index contributed by atoms with van der Waals surface area (Å²) in [5.74, 6) is -0.271. The Hall–Kier alpha value is -2.62. The smallest absolute Gasteiger partial charge is 0.244 e. The Morgan fingerprint density at radius 1 is 1.04 bits per heavy atom. The van der Waals surface area contributed by atoms with Gasteiger partial charge in [-0.2, -0.15) is 0 Å². The minimum atomic E-state index is -0.457. The van der Waals surface area contributed by atoms with E-state index in [4.69, 9.17) is 11.6 Å². The minimum Gasteiger partial charge on any atom is -0.394 e. The summed E-state index contributed by atoms with van der Waals surface area (Å²) in [5, 5.41) is 15.3. The van der Waals surface area contributed by atoms with E-state index in [1.165, 1.54) is 6.08 Å². The van der Waals surface area contributed by atoms with Gasteiger partial charge < -0.3 is 10.4 Å². The highest BCUT2D eigenvalue weighted by Crippen LogP contribution is 2.20. The third-order valence-electron chi connectivity index (χ3n) is 3.95. The molecule has 0 saturated heterocycles. The summed E-state index contributed by atoms with van der Waals surface area (Å²) < 4.78 is 0. The van der Waals surface area contributed by atoms with E-state index in [9.17, 15) is 9.90 Å².